The molecule has 5 heteroatoms. The topological polar surface area (TPSA) is 48.1 Å². The summed E-state index contributed by atoms with van der Waals surface area (Å²) in [5.74, 6) is 1.22. The highest BCUT2D eigenvalue weighted by Crippen LogP contribution is 2.34. The quantitative estimate of drug-likeness (QED) is 0.815. The van der Waals surface area contributed by atoms with Crippen molar-refractivity contribution in [2.45, 2.75) is 6.92 Å². The van der Waals surface area contributed by atoms with E-state index in [9.17, 15) is 0 Å². The molecule has 0 bridgehead atoms. The molecule has 0 atom stereocenters. The summed E-state index contributed by atoms with van der Waals surface area (Å²) in [7, 11) is 0. The highest BCUT2D eigenvalue weighted by Gasteiger charge is 2.08. The molecule has 0 unspecified atom stereocenters. The monoisotopic (exact) mass is 356 g/mol. The highest BCUT2D eigenvalue weighted by molar-refractivity contribution is 9.11. The van der Waals surface area contributed by atoms with Crippen molar-refractivity contribution in [3.63, 3.8) is 0 Å². The lowest BCUT2D eigenvalue weighted by Crippen LogP contribution is -1.94. The van der Waals surface area contributed by atoms with Crippen molar-refractivity contribution in [3.8, 4) is 11.6 Å². The fourth-order valence-corrected chi connectivity index (χ4v) is 2.14. The van der Waals surface area contributed by atoms with Gasteiger partial charge in [0, 0.05) is 21.9 Å². The number of anilines is 1. The van der Waals surface area contributed by atoms with E-state index in [-0.39, 0.29) is 0 Å². The summed E-state index contributed by atoms with van der Waals surface area (Å²) in [4.78, 5) is 4.21. The summed E-state index contributed by atoms with van der Waals surface area (Å²) in [5, 5.41) is 0. The van der Waals surface area contributed by atoms with Gasteiger partial charge < -0.3 is 10.5 Å². The number of ether oxygens (including phenoxy) is 1. The van der Waals surface area contributed by atoms with E-state index in [4.69, 9.17) is 10.5 Å². The van der Waals surface area contributed by atoms with Crippen molar-refractivity contribution in [2.75, 3.05) is 5.73 Å². The standard InChI is InChI=1S/C12H10Br2N2O/c1-7-5-8(13)6-16-12(7)17-10-4-2-3-9(15)11(10)14/h2-6H,15H2,1H3. The smallest absolute Gasteiger partial charge is 0.222 e. The van der Waals surface area contributed by atoms with Crippen LogP contribution in [0.5, 0.6) is 11.6 Å². The van der Waals surface area contributed by atoms with Crippen molar-refractivity contribution >= 4 is 37.5 Å². The largest absolute Gasteiger partial charge is 0.437 e. The van der Waals surface area contributed by atoms with Crippen LogP contribution in [-0.4, -0.2) is 4.98 Å². The zero-order valence-corrected chi connectivity index (χ0v) is 12.2. The molecule has 1 aromatic carbocycles. The van der Waals surface area contributed by atoms with Crippen molar-refractivity contribution in [1.82, 2.24) is 4.98 Å². The lowest BCUT2D eigenvalue weighted by Gasteiger charge is -2.10. The second kappa shape index (κ2) is 5.06. The van der Waals surface area contributed by atoms with E-state index in [0.717, 1.165) is 14.5 Å². The molecule has 17 heavy (non-hydrogen) atoms. The Balaban J connectivity index is 2.35. The van der Waals surface area contributed by atoms with Gasteiger partial charge in [-0.3, -0.25) is 0 Å². The van der Waals surface area contributed by atoms with Crippen LogP contribution in [0.3, 0.4) is 0 Å². The number of nitrogens with zero attached hydrogens (tertiary/aromatic N) is 1. The molecule has 2 rings (SSSR count). The summed E-state index contributed by atoms with van der Waals surface area (Å²) >= 11 is 6.75. The number of hydrogen-bond donors (Lipinski definition) is 1. The molecular formula is C12H10Br2N2O. The van der Waals surface area contributed by atoms with Gasteiger partial charge in [-0.15, -0.1) is 0 Å². The Bertz CT molecular complexity index is 558. The van der Waals surface area contributed by atoms with Gasteiger partial charge in [0.1, 0.15) is 5.75 Å². The molecule has 1 heterocycles. The molecule has 88 valence electrons. The first-order valence-corrected chi connectivity index (χ1v) is 6.50. The summed E-state index contributed by atoms with van der Waals surface area (Å²) in [6.07, 6.45) is 1.70. The maximum absolute atomic E-state index is 5.78. The number of rotatable bonds is 2. The first-order valence-electron chi connectivity index (χ1n) is 4.92. The van der Waals surface area contributed by atoms with Crippen LogP contribution in [0.4, 0.5) is 5.69 Å². The van der Waals surface area contributed by atoms with Gasteiger partial charge in [0.25, 0.3) is 0 Å². The van der Waals surface area contributed by atoms with Crippen LogP contribution in [0.25, 0.3) is 0 Å². The second-order valence-corrected chi connectivity index (χ2v) is 5.25. The molecule has 0 aliphatic rings. The minimum Gasteiger partial charge on any atom is -0.437 e. The Morgan fingerprint density at radius 2 is 2.06 bits per heavy atom. The van der Waals surface area contributed by atoms with E-state index in [0.29, 0.717) is 17.3 Å². The minimum atomic E-state index is 0.569. The van der Waals surface area contributed by atoms with E-state index >= 15 is 0 Å². The van der Waals surface area contributed by atoms with Crippen LogP contribution in [0.1, 0.15) is 5.56 Å². The van der Waals surface area contributed by atoms with Gasteiger partial charge in [-0.05, 0) is 57.0 Å². The van der Waals surface area contributed by atoms with E-state index < -0.39 is 0 Å². The fraction of sp³-hybridized carbons (Fsp3) is 0.0833. The number of benzene rings is 1. The van der Waals surface area contributed by atoms with Gasteiger partial charge in [-0.25, -0.2) is 4.98 Å². The second-order valence-electron chi connectivity index (χ2n) is 3.54. The van der Waals surface area contributed by atoms with Gasteiger partial charge in [-0.2, -0.15) is 0 Å². The third-order valence-corrected chi connectivity index (χ3v) is 3.48. The van der Waals surface area contributed by atoms with Crippen molar-refractivity contribution in [1.29, 1.82) is 0 Å². The summed E-state index contributed by atoms with van der Waals surface area (Å²) in [5.41, 5.74) is 7.37. The third-order valence-electron chi connectivity index (χ3n) is 2.20. The molecule has 0 aliphatic carbocycles. The predicted octanol–water partition coefficient (Wildman–Crippen LogP) is 4.29. The summed E-state index contributed by atoms with van der Waals surface area (Å²) in [6, 6.07) is 7.43. The molecule has 0 spiro atoms. The molecule has 0 amide bonds. The molecule has 0 saturated heterocycles. The average Bonchev–Trinajstić information content (AvgIpc) is 2.28. The van der Waals surface area contributed by atoms with E-state index in [1.165, 1.54) is 0 Å². The van der Waals surface area contributed by atoms with Crippen LogP contribution < -0.4 is 10.5 Å². The van der Waals surface area contributed by atoms with Crippen LogP contribution in [0, 0.1) is 6.92 Å². The van der Waals surface area contributed by atoms with E-state index in [2.05, 4.69) is 36.8 Å². The average molecular weight is 358 g/mol. The number of hydrogen-bond acceptors (Lipinski definition) is 3. The lowest BCUT2D eigenvalue weighted by molar-refractivity contribution is 0.456. The Labute approximate surface area is 116 Å². The maximum atomic E-state index is 5.78. The Kier molecular flexibility index (Phi) is 3.69. The first kappa shape index (κ1) is 12.4. The maximum Gasteiger partial charge on any atom is 0.222 e. The van der Waals surface area contributed by atoms with Gasteiger partial charge in [0.15, 0.2) is 0 Å². The number of halogens is 2. The lowest BCUT2D eigenvalue weighted by atomic mass is 10.3. The van der Waals surface area contributed by atoms with Crippen molar-refractivity contribution in [2.24, 2.45) is 0 Å². The van der Waals surface area contributed by atoms with E-state index in [1.807, 2.05) is 25.1 Å². The number of aromatic nitrogens is 1. The van der Waals surface area contributed by atoms with Gasteiger partial charge in [0.2, 0.25) is 5.88 Å². The van der Waals surface area contributed by atoms with Crippen LogP contribution in [0.15, 0.2) is 39.4 Å². The van der Waals surface area contributed by atoms with Gasteiger partial charge in [-0.1, -0.05) is 6.07 Å². The molecule has 0 fully saturated rings. The van der Waals surface area contributed by atoms with Gasteiger partial charge >= 0.3 is 0 Å². The zero-order valence-electron chi connectivity index (χ0n) is 9.08. The molecule has 2 aromatic rings. The van der Waals surface area contributed by atoms with Crippen LogP contribution in [0.2, 0.25) is 0 Å². The Hall–Kier alpha value is -1.07. The third kappa shape index (κ3) is 2.79. The minimum absolute atomic E-state index is 0.569. The van der Waals surface area contributed by atoms with E-state index in [1.54, 1.807) is 12.3 Å². The normalized spacial score (nSPS) is 10.3. The number of nitrogen functional groups attached to an aromatic ring is 1. The molecule has 3 nitrogen and oxygen atoms in total. The number of pyridine rings is 1. The number of nitrogens with two attached hydrogens (primary N) is 1. The van der Waals surface area contributed by atoms with Crippen LogP contribution in [-0.2, 0) is 0 Å². The molecule has 0 radical (unpaired) electrons. The van der Waals surface area contributed by atoms with Gasteiger partial charge in [0.05, 0.1) is 4.47 Å². The first-order chi connectivity index (χ1) is 8.08. The Morgan fingerprint density at radius 3 is 2.76 bits per heavy atom. The molecular weight excluding hydrogens is 348 g/mol. The molecule has 0 aliphatic heterocycles. The molecule has 2 N–H and O–H groups in total. The summed E-state index contributed by atoms with van der Waals surface area (Å²) in [6.45, 7) is 1.94. The Morgan fingerprint density at radius 1 is 1.29 bits per heavy atom. The predicted molar refractivity (Wildman–Crippen MR) is 75.3 cm³/mol. The molecule has 1 aromatic heterocycles. The zero-order chi connectivity index (χ0) is 12.4. The van der Waals surface area contributed by atoms with Crippen LogP contribution >= 0.6 is 31.9 Å². The highest BCUT2D eigenvalue weighted by atomic mass is 79.9. The van der Waals surface area contributed by atoms with Crippen molar-refractivity contribution in [3.05, 3.63) is 45.0 Å². The number of aryl methyl sites for hydroxylation is 1. The molecule has 0 saturated carbocycles. The summed E-state index contributed by atoms with van der Waals surface area (Å²) < 4.78 is 7.38. The fourth-order valence-electron chi connectivity index (χ4n) is 1.35. The van der Waals surface area contributed by atoms with Crippen molar-refractivity contribution < 1.29 is 4.74 Å². The SMILES string of the molecule is Cc1cc(Br)cnc1Oc1cccc(N)c1Br.